The molecule has 0 rings (SSSR count). The Morgan fingerprint density at radius 2 is 1.71 bits per heavy atom. The van der Waals surface area contributed by atoms with E-state index in [4.69, 9.17) is 5.73 Å². The second-order valence-electron chi connectivity index (χ2n) is 4.22. The average molecular weight is 288 g/mol. The second kappa shape index (κ2) is 8.26. The molecule has 0 spiro atoms. The van der Waals surface area contributed by atoms with Crippen LogP contribution in [0.3, 0.4) is 0 Å². The fourth-order valence-corrected chi connectivity index (χ4v) is 2.39. The van der Waals surface area contributed by atoms with E-state index in [2.05, 4.69) is 4.72 Å². The molecule has 0 fully saturated rings. The van der Waals surface area contributed by atoms with Crippen molar-refractivity contribution in [2.24, 2.45) is 5.73 Å². The van der Waals surface area contributed by atoms with Gasteiger partial charge in [-0.1, -0.05) is 20.8 Å². The van der Waals surface area contributed by atoms with Crippen LogP contribution < -0.4 is 10.5 Å². The van der Waals surface area contributed by atoms with E-state index in [1.807, 2.05) is 20.8 Å². The van der Waals surface area contributed by atoms with E-state index in [0.717, 1.165) is 19.3 Å². The molecule has 0 aliphatic heterocycles. The summed E-state index contributed by atoms with van der Waals surface area (Å²) in [5.74, 6) is 0. The molecular formula is C10H26ClN3O2S. The summed E-state index contributed by atoms with van der Waals surface area (Å²) < 4.78 is 27.4. The number of rotatable bonds is 8. The summed E-state index contributed by atoms with van der Waals surface area (Å²) in [6.07, 6.45) is 2.31. The number of nitrogens with zero attached hydrogens (tertiary/aromatic N) is 1. The number of halogens is 1. The Hall–Kier alpha value is 0.120. The molecule has 0 aromatic heterocycles. The van der Waals surface area contributed by atoms with E-state index in [1.54, 1.807) is 7.05 Å². The highest BCUT2D eigenvalue weighted by Gasteiger charge is 2.24. The van der Waals surface area contributed by atoms with E-state index >= 15 is 0 Å². The normalized spacial score (nSPS) is 12.6. The van der Waals surface area contributed by atoms with E-state index < -0.39 is 15.7 Å². The van der Waals surface area contributed by atoms with Crippen LogP contribution in [-0.2, 0) is 10.2 Å². The zero-order chi connectivity index (χ0) is 12.8. The van der Waals surface area contributed by atoms with Crippen LogP contribution in [0, 0.1) is 0 Å². The van der Waals surface area contributed by atoms with Crippen molar-refractivity contribution in [3.8, 4) is 0 Å². The molecule has 5 nitrogen and oxygen atoms in total. The molecule has 0 atom stereocenters. The highest BCUT2D eigenvalue weighted by molar-refractivity contribution is 7.87. The maximum atomic E-state index is 11.8. The van der Waals surface area contributed by atoms with Crippen molar-refractivity contribution < 1.29 is 8.42 Å². The molecule has 0 saturated carbocycles. The fraction of sp³-hybridized carbons (Fsp3) is 1.00. The zero-order valence-corrected chi connectivity index (χ0v) is 12.8. The van der Waals surface area contributed by atoms with Crippen LogP contribution >= 0.6 is 12.4 Å². The third-order valence-electron chi connectivity index (χ3n) is 2.96. The maximum Gasteiger partial charge on any atom is 0.279 e. The molecule has 17 heavy (non-hydrogen) atoms. The van der Waals surface area contributed by atoms with Gasteiger partial charge in [-0.05, 0) is 19.3 Å². The van der Waals surface area contributed by atoms with Crippen LogP contribution in [0.15, 0.2) is 0 Å². The van der Waals surface area contributed by atoms with Crippen LogP contribution in [0.5, 0.6) is 0 Å². The molecule has 106 valence electrons. The molecule has 0 saturated heterocycles. The molecule has 3 N–H and O–H groups in total. The zero-order valence-electron chi connectivity index (χ0n) is 11.2. The minimum atomic E-state index is -3.37. The van der Waals surface area contributed by atoms with Crippen LogP contribution in [0.4, 0.5) is 0 Å². The van der Waals surface area contributed by atoms with E-state index in [0.29, 0.717) is 6.54 Å². The van der Waals surface area contributed by atoms with Gasteiger partial charge in [0.15, 0.2) is 0 Å². The van der Waals surface area contributed by atoms with Gasteiger partial charge in [0.1, 0.15) is 0 Å². The molecule has 7 heteroatoms. The predicted octanol–water partition coefficient (Wildman–Crippen LogP) is 1.10. The lowest BCUT2D eigenvalue weighted by Gasteiger charge is -2.28. The first-order valence-electron chi connectivity index (χ1n) is 5.81. The summed E-state index contributed by atoms with van der Waals surface area (Å²) in [5, 5.41) is 0. The van der Waals surface area contributed by atoms with Crippen molar-refractivity contribution in [3.05, 3.63) is 0 Å². The number of nitrogens with one attached hydrogen (secondary N) is 1. The number of nitrogens with two attached hydrogens (primary N) is 1. The summed E-state index contributed by atoms with van der Waals surface area (Å²) in [4.78, 5) is 0. The van der Waals surface area contributed by atoms with Crippen molar-refractivity contribution in [1.82, 2.24) is 9.03 Å². The van der Waals surface area contributed by atoms with Gasteiger partial charge in [-0.2, -0.15) is 12.7 Å². The SMILES string of the molecule is CCCN(C)S(=O)(=O)NCC(N)(CC)CC.Cl. The van der Waals surface area contributed by atoms with Gasteiger partial charge in [0.05, 0.1) is 0 Å². The number of hydrogen-bond acceptors (Lipinski definition) is 3. The molecule has 0 bridgehead atoms. The summed E-state index contributed by atoms with van der Waals surface area (Å²) in [7, 11) is -1.80. The third-order valence-corrected chi connectivity index (χ3v) is 4.48. The van der Waals surface area contributed by atoms with Crippen molar-refractivity contribution in [3.63, 3.8) is 0 Å². The van der Waals surface area contributed by atoms with Crippen LogP contribution in [0.2, 0.25) is 0 Å². The third kappa shape index (κ3) is 6.57. The largest absolute Gasteiger partial charge is 0.324 e. The topological polar surface area (TPSA) is 75.4 Å². The van der Waals surface area contributed by atoms with Crippen LogP contribution in [-0.4, -0.2) is 38.4 Å². The molecule has 0 amide bonds. The first kappa shape index (κ1) is 19.5. The quantitative estimate of drug-likeness (QED) is 0.702. The van der Waals surface area contributed by atoms with E-state index in [-0.39, 0.29) is 19.0 Å². The summed E-state index contributed by atoms with van der Waals surface area (Å²) >= 11 is 0. The van der Waals surface area contributed by atoms with Crippen molar-refractivity contribution in [2.45, 2.75) is 45.6 Å². The van der Waals surface area contributed by atoms with Gasteiger partial charge in [-0.15, -0.1) is 12.4 Å². The van der Waals surface area contributed by atoms with Gasteiger partial charge in [-0.3, -0.25) is 0 Å². The Labute approximate surface area is 112 Å². The Morgan fingerprint density at radius 3 is 2.06 bits per heavy atom. The highest BCUT2D eigenvalue weighted by Crippen LogP contribution is 2.10. The highest BCUT2D eigenvalue weighted by atomic mass is 35.5. The maximum absolute atomic E-state index is 11.8. The van der Waals surface area contributed by atoms with Gasteiger partial charge in [-0.25, -0.2) is 4.72 Å². The van der Waals surface area contributed by atoms with Crippen molar-refractivity contribution >= 4 is 22.6 Å². The average Bonchev–Trinajstić information content (AvgIpc) is 2.26. The van der Waals surface area contributed by atoms with Gasteiger partial charge in [0.25, 0.3) is 10.2 Å². The predicted molar refractivity (Wildman–Crippen MR) is 74.6 cm³/mol. The summed E-state index contributed by atoms with van der Waals surface area (Å²) in [6, 6.07) is 0. The van der Waals surface area contributed by atoms with Gasteiger partial charge in [0.2, 0.25) is 0 Å². The van der Waals surface area contributed by atoms with E-state index in [9.17, 15) is 8.42 Å². The van der Waals surface area contributed by atoms with Gasteiger partial charge >= 0.3 is 0 Å². The molecule has 0 unspecified atom stereocenters. The Balaban J connectivity index is 0. The standard InChI is InChI=1S/C10H25N3O2S.ClH/c1-5-8-13(4)16(14,15)12-9-10(11,6-2)7-3;/h12H,5-9,11H2,1-4H3;1H. The minimum Gasteiger partial charge on any atom is -0.324 e. The lowest BCUT2D eigenvalue weighted by Crippen LogP contribution is -2.51. The summed E-state index contributed by atoms with van der Waals surface area (Å²) in [6.45, 7) is 6.68. The fourth-order valence-electron chi connectivity index (χ4n) is 1.28. The Morgan fingerprint density at radius 1 is 1.24 bits per heavy atom. The lowest BCUT2D eigenvalue weighted by atomic mass is 9.95. The van der Waals surface area contributed by atoms with Gasteiger partial charge < -0.3 is 5.73 Å². The summed E-state index contributed by atoms with van der Waals surface area (Å²) in [5.41, 5.74) is 5.59. The first-order valence-corrected chi connectivity index (χ1v) is 7.25. The molecule has 0 aliphatic rings. The smallest absolute Gasteiger partial charge is 0.279 e. The molecule has 0 aromatic rings. The molecule has 0 heterocycles. The van der Waals surface area contributed by atoms with Crippen molar-refractivity contribution in [2.75, 3.05) is 20.1 Å². The lowest BCUT2D eigenvalue weighted by molar-refractivity contribution is 0.381. The molecule has 0 aromatic carbocycles. The molecular weight excluding hydrogens is 262 g/mol. The minimum absolute atomic E-state index is 0. The second-order valence-corrected chi connectivity index (χ2v) is 6.08. The molecule has 0 radical (unpaired) electrons. The van der Waals surface area contributed by atoms with Gasteiger partial charge in [0, 0.05) is 25.7 Å². The monoisotopic (exact) mass is 287 g/mol. The Kier molecular flexibility index (Phi) is 9.46. The van der Waals surface area contributed by atoms with Crippen LogP contribution in [0.1, 0.15) is 40.0 Å². The number of hydrogen-bond donors (Lipinski definition) is 2. The van der Waals surface area contributed by atoms with Crippen LogP contribution in [0.25, 0.3) is 0 Å². The Bertz CT molecular complexity index is 292. The van der Waals surface area contributed by atoms with Crippen molar-refractivity contribution in [1.29, 1.82) is 0 Å². The molecule has 0 aliphatic carbocycles. The first-order chi connectivity index (χ1) is 7.31. The van der Waals surface area contributed by atoms with E-state index in [1.165, 1.54) is 4.31 Å².